The summed E-state index contributed by atoms with van der Waals surface area (Å²) in [6.45, 7) is 5.96. The van der Waals surface area contributed by atoms with Gasteiger partial charge in [0, 0.05) is 13.1 Å². The van der Waals surface area contributed by atoms with Crippen molar-refractivity contribution in [1.82, 2.24) is 4.31 Å². The highest BCUT2D eigenvalue weighted by Gasteiger charge is 2.16. The van der Waals surface area contributed by atoms with Gasteiger partial charge in [-0.1, -0.05) is 13.0 Å². The summed E-state index contributed by atoms with van der Waals surface area (Å²) < 4.78 is 23.4. The van der Waals surface area contributed by atoms with Gasteiger partial charge in [0.1, 0.15) is 5.21 Å². The van der Waals surface area contributed by atoms with Gasteiger partial charge < -0.3 is 0 Å². The quantitative estimate of drug-likeness (QED) is 0.488. The molecular formula is C6H12ClNO2S. The van der Waals surface area contributed by atoms with Crippen molar-refractivity contribution >= 4 is 21.6 Å². The fourth-order valence-electron chi connectivity index (χ4n) is 0.652. The molecule has 0 saturated heterocycles. The van der Waals surface area contributed by atoms with Crippen LogP contribution in [-0.4, -0.2) is 31.0 Å². The summed E-state index contributed by atoms with van der Waals surface area (Å²) in [7, 11) is -3.24. The summed E-state index contributed by atoms with van der Waals surface area (Å²) in [6.07, 6.45) is 1.54. The number of likely N-dealkylation sites (N-methyl/N-ethyl adjacent to an activating group) is 1. The van der Waals surface area contributed by atoms with Crippen molar-refractivity contribution in [2.45, 2.75) is 6.92 Å². The van der Waals surface area contributed by atoms with Crippen molar-refractivity contribution in [3.05, 3.63) is 12.7 Å². The summed E-state index contributed by atoms with van der Waals surface area (Å²) in [5.41, 5.74) is 0. The Morgan fingerprint density at radius 1 is 1.64 bits per heavy atom. The second-order valence-electron chi connectivity index (χ2n) is 1.96. The first kappa shape index (κ1) is 10.9. The van der Waals surface area contributed by atoms with Crippen LogP contribution in [0.25, 0.3) is 0 Å². The highest BCUT2D eigenvalue weighted by atomic mass is 35.5. The maximum atomic E-state index is 11.1. The number of sulfonamides is 1. The van der Waals surface area contributed by atoms with Crippen LogP contribution in [-0.2, 0) is 10.0 Å². The van der Waals surface area contributed by atoms with Crippen LogP contribution in [0.4, 0.5) is 0 Å². The Bertz CT molecular complexity index is 213. The summed E-state index contributed by atoms with van der Waals surface area (Å²) in [4.78, 5) is 0. The van der Waals surface area contributed by atoms with Crippen molar-refractivity contribution in [1.29, 1.82) is 0 Å². The van der Waals surface area contributed by atoms with Crippen LogP contribution in [0, 0.1) is 0 Å². The molecule has 0 amide bonds. The molecule has 0 aliphatic carbocycles. The SMILES string of the molecule is C=CCN(CC)S(=O)(=O)CCl. The number of rotatable bonds is 5. The summed E-state index contributed by atoms with van der Waals surface area (Å²) in [6, 6.07) is 0. The Balaban J connectivity index is 4.36. The predicted octanol–water partition coefficient (Wildman–Crippen LogP) is 1.02. The van der Waals surface area contributed by atoms with Gasteiger partial charge in [0.05, 0.1) is 0 Å². The topological polar surface area (TPSA) is 37.4 Å². The lowest BCUT2D eigenvalue weighted by Crippen LogP contribution is -2.31. The molecule has 0 radical (unpaired) electrons. The van der Waals surface area contributed by atoms with Gasteiger partial charge in [0.25, 0.3) is 0 Å². The number of nitrogens with zero attached hydrogens (tertiary/aromatic N) is 1. The van der Waals surface area contributed by atoms with Crippen LogP contribution in [0.1, 0.15) is 6.92 Å². The average Bonchev–Trinajstić information content (AvgIpc) is 2.00. The van der Waals surface area contributed by atoms with Crippen LogP contribution >= 0.6 is 11.6 Å². The first-order chi connectivity index (χ1) is 5.08. The predicted molar refractivity (Wildman–Crippen MR) is 47.1 cm³/mol. The number of hydrogen-bond donors (Lipinski definition) is 0. The normalized spacial score (nSPS) is 11.9. The molecule has 0 atom stereocenters. The van der Waals surface area contributed by atoms with Crippen LogP contribution in [0.5, 0.6) is 0 Å². The molecule has 3 nitrogen and oxygen atoms in total. The maximum Gasteiger partial charge on any atom is 0.228 e. The monoisotopic (exact) mass is 197 g/mol. The molecule has 0 rings (SSSR count). The Hall–Kier alpha value is -0.0600. The third-order valence-corrected chi connectivity index (χ3v) is 3.51. The Morgan fingerprint density at radius 2 is 2.18 bits per heavy atom. The standard InChI is InChI=1S/C6H12ClNO2S/c1-3-5-8(4-2)11(9,10)6-7/h3H,1,4-6H2,2H3. The molecule has 0 unspecified atom stereocenters. The van der Waals surface area contributed by atoms with Crippen LogP contribution in [0.15, 0.2) is 12.7 Å². The zero-order valence-electron chi connectivity index (χ0n) is 6.46. The molecule has 0 aliphatic heterocycles. The van der Waals surface area contributed by atoms with E-state index in [0.717, 1.165) is 0 Å². The van der Waals surface area contributed by atoms with Gasteiger partial charge in [-0.05, 0) is 0 Å². The van der Waals surface area contributed by atoms with E-state index >= 15 is 0 Å². The van der Waals surface area contributed by atoms with Crippen molar-refractivity contribution in [2.75, 3.05) is 18.3 Å². The zero-order chi connectivity index (χ0) is 8.91. The summed E-state index contributed by atoms with van der Waals surface area (Å²) >= 11 is 5.24. The van der Waals surface area contributed by atoms with E-state index in [-0.39, 0.29) is 5.21 Å². The van der Waals surface area contributed by atoms with Gasteiger partial charge in [0.2, 0.25) is 10.0 Å². The fraction of sp³-hybridized carbons (Fsp3) is 0.667. The second kappa shape index (κ2) is 4.74. The highest BCUT2D eigenvalue weighted by molar-refractivity contribution is 7.90. The first-order valence-electron chi connectivity index (χ1n) is 3.23. The van der Waals surface area contributed by atoms with Crippen LogP contribution in [0.3, 0.4) is 0 Å². The van der Waals surface area contributed by atoms with Gasteiger partial charge in [-0.2, -0.15) is 4.31 Å². The van der Waals surface area contributed by atoms with Gasteiger partial charge >= 0.3 is 0 Å². The zero-order valence-corrected chi connectivity index (χ0v) is 8.03. The van der Waals surface area contributed by atoms with E-state index in [2.05, 4.69) is 6.58 Å². The van der Waals surface area contributed by atoms with Crippen molar-refractivity contribution in [2.24, 2.45) is 0 Å². The molecule has 0 saturated carbocycles. The van der Waals surface area contributed by atoms with Crippen LogP contribution < -0.4 is 0 Å². The summed E-state index contributed by atoms with van der Waals surface area (Å²) in [5.74, 6) is 0. The molecule has 0 aromatic carbocycles. The molecule has 5 heteroatoms. The van der Waals surface area contributed by atoms with E-state index in [4.69, 9.17) is 11.6 Å². The minimum Gasteiger partial charge on any atom is -0.211 e. The molecule has 0 aromatic heterocycles. The Morgan fingerprint density at radius 3 is 2.45 bits per heavy atom. The lowest BCUT2D eigenvalue weighted by molar-refractivity contribution is 0.464. The van der Waals surface area contributed by atoms with E-state index in [1.54, 1.807) is 6.92 Å². The Kier molecular flexibility index (Phi) is 4.72. The molecule has 11 heavy (non-hydrogen) atoms. The smallest absolute Gasteiger partial charge is 0.211 e. The lowest BCUT2D eigenvalue weighted by Gasteiger charge is -2.16. The molecule has 0 aliphatic rings. The van der Waals surface area contributed by atoms with Gasteiger partial charge in [-0.15, -0.1) is 18.2 Å². The number of halogens is 1. The number of hydrogen-bond acceptors (Lipinski definition) is 2. The Labute approximate surface area is 72.7 Å². The van der Waals surface area contributed by atoms with Crippen molar-refractivity contribution in [3.8, 4) is 0 Å². The maximum absolute atomic E-state index is 11.1. The third-order valence-electron chi connectivity index (χ3n) is 1.22. The van der Waals surface area contributed by atoms with E-state index in [1.807, 2.05) is 0 Å². The molecular weight excluding hydrogens is 186 g/mol. The third kappa shape index (κ3) is 3.22. The largest absolute Gasteiger partial charge is 0.228 e. The molecule has 0 fully saturated rings. The number of alkyl halides is 1. The molecule has 0 N–H and O–H groups in total. The van der Waals surface area contributed by atoms with E-state index in [0.29, 0.717) is 13.1 Å². The highest BCUT2D eigenvalue weighted by Crippen LogP contribution is 2.02. The summed E-state index contributed by atoms with van der Waals surface area (Å²) in [5, 5.41) is -0.366. The van der Waals surface area contributed by atoms with Crippen LogP contribution in [0.2, 0.25) is 0 Å². The molecule has 0 spiro atoms. The second-order valence-corrected chi connectivity index (χ2v) is 4.51. The minimum absolute atomic E-state index is 0.325. The van der Waals surface area contributed by atoms with Gasteiger partial charge in [-0.25, -0.2) is 8.42 Å². The van der Waals surface area contributed by atoms with E-state index < -0.39 is 10.0 Å². The van der Waals surface area contributed by atoms with E-state index in [1.165, 1.54) is 10.4 Å². The molecule has 0 bridgehead atoms. The van der Waals surface area contributed by atoms with Crippen molar-refractivity contribution < 1.29 is 8.42 Å². The minimum atomic E-state index is -3.24. The van der Waals surface area contributed by atoms with Gasteiger partial charge in [0.15, 0.2) is 0 Å². The first-order valence-corrected chi connectivity index (χ1v) is 5.37. The fourth-order valence-corrected chi connectivity index (χ4v) is 1.93. The molecule has 0 aromatic rings. The lowest BCUT2D eigenvalue weighted by atomic mass is 10.6. The molecule has 66 valence electrons. The average molecular weight is 198 g/mol. The van der Waals surface area contributed by atoms with Crippen molar-refractivity contribution in [3.63, 3.8) is 0 Å². The van der Waals surface area contributed by atoms with E-state index in [9.17, 15) is 8.42 Å². The van der Waals surface area contributed by atoms with Gasteiger partial charge in [-0.3, -0.25) is 0 Å². The molecule has 0 heterocycles.